The lowest BCUT2D eigenvalue weighted by Crippen LogP contribution is -2.46. The van der Waals surface area contributed by atoms with Crippen LogP contribution in [0.25, 0.3) is 9.69 Å². The standard InChI is InChI=1S/C17H22BrFN2O3.C10H21NO3.C7H3BrFNO.B7/c1-16(2,3)24-15(22)21-17(4,5)9-10-23-12-8-7-11(18)14(20-6)13(12)19;1-9(2,3)14-8(13)11-10(4,5)6-7-12;1-10-7-4(8)2-3-5(11)6(7)9;1-5-7(4)6(2)3/h7-8H,9-10H2,1-5H3,(H,21,22);12H,6-7H2,1-5H3,(H,11,13);2-3,11H;. The van der Waals surface area contributed by atoms with Gasteiger partial charge in [0, 0.05) is 83.8 Å². The quantitative estimate of drug-likeness (QED) is 0.148. The predicted molar refractivity (Wildman–Crippen MR) is 231 cm³/mol. The molecule has 0 aliphatic rings. The number of aromatic hydroxyl groups is 1. The Morgan fingerprint density at radius 1 is 0.804 bits per heavy atom. The molecule has 0 unspecified atom stereocenters. The van der Waals surface area contributed by atoms with Gasteiger partial charge in [-0.2, -0.15) is 0 Å². The predicted octanol–water partition coefficient (Wildman–Crippen LogP) is 7.06. The Hall–Kier alpha value is -3.21. The molecule has 0 fully saturated rings. The Morgan fingerprint density at radius 2 is 1.21 bits per heavy atom. The molecule has 0 atom stereocenters. The van der Waals surface area contributed by atoms with Crippen molar-refractivity contribution in [2.75, 3.05) is 13.2 Å². The minimum Gasteiger partial charge on any atom is -0.506 e. The molecule has 0 spiro atoms. The zero-order valence-electron chi connectivity index (χ0n) is 33.5. The van der Waals surface area contributed by atoms with E-state index in [4.69, 9.17) is 68.5 Å². The van der Waals surface area contributed by atoms with E-state index in [0.29, 0.717) is 21.8 Å². The number of phenols is 1. The summed E-state index contributed by atoms with van der Waals surface area (Å²) in [5.74, 6) is -2.07. The van der Waals surface area contributed by atoms with Crippen LogP contribution in [0.2, 0.25) is 0 Å². The number of ether oxygens (including phenoxy) is 3. The number of halogens is 4. The number of benzene rings is 2. The average molecular weight is 896 g/mol. The second-order valence-electron chi connectivity index (χ2n) is 15.1. The number of carbonyl (C=O) groups is 2. The molecule has 0 aliphatic carbocycles. The molecule has 9 radical (unpaired) electrons. The maximum atomic E-state index is 14.1. The van der Waals surface area contributed by atoms with Crippen molar-refractivity contribution in [3.63, 3.8) is 0 Å². The van der Waals surface area contributed by atoms with Crippen molar-refractivity contribution in [1.29, 1.82) is 0 Å². The summed E-state index contributed by atoms with van der Waals surface area (Å²) in [6.07, 6.45) is -0.944. The molecule has 2 aromatic rings. The molecule has 0 saturated carbocycles. The van der Waals surface area contributed by atoms with E-state index in [-0.39, 0.29) is 36.7 Å². The van der Waals surface area contributed by atoms with Gasteiger partial charge in [-0.15, -0.1) is 0 Å². The van der Waals surface area contributed by atoms with E-state index in [9.17, 15) is 18.4 Å². The van der Waals surface area contributed by atoms with Crippen LogP contribution >= 0.6 is 31.9 Å². The summed E-state index contributed by atoms with van der Waals surface area (Å²) in [7, 11) is 21.6. The topological polar surface area (TPSA) is 135 Å². The van der Waals surface area contributed by atoms with Gasteiger partial charge in [0.15, 0.2) is 11.6 Å². The van der Waals surface area contributed by atoms with Crippen molar-refractivity contribution >= 4 is 106 Å². The van der Waals surface area contributed by atoms with Gasteiger partial charge in [-0.25, -0.2) is 28.1 Å². The van der Waals surface area contributed by atoms with Gasteiger partial charge in [-0.3, -0.25) is 0 Å². The number of carbonyl (C=O) groups excluding carboxylic acids is 2. The molecule has 2 amide bonds. The number of amides is 2. The number of hydrogen-bond donors (Lipinski definition) is 4. The van der Waals surface area contributed by atoms with Crippen LogP contribution in [0.5, 0.6) is 11.5 Å². The molecule has 0 bridgehead atoms. The van der Waals surface area contributed by atoms with Crippen LogP contribution in [0.3, 0.4) is 0 Å². The minimum atomic E-state index is -0.880. The number of aliphatic hydroxyl groups excluding tert-OH is 1. The fourth-order valence-corrected chi connectivity index (χ4v) is 4.27. The molecule has 11 nitrogen and oxygen atoms in total. The lowest BCUT2D eigenvalue weighted by atomic mass is 8.76. The summed E-state index contributed by atoms with van der Waals surface area (Å²) in [4.78, 5) is 29.2. The van der Waals surface area contributed by atoms with Crippen molar-refractivity contribution in [2.45, 2.75) is 104 Å². The van der Waals surface area contributed by atoms with E-state index in [2.05, 4.69) is 52.2 Å². The number of phenolic OH excluding ortho intramolecular Hbond substituents is 1. The first-order chi connectivity index (χ1) is 25.5. The summed E-state index contributed by atoms with van der Waals surface area (Å²) >= 11 is 6.10. The summed E-state index contributed by atoms with van der Waals surface area (Å²) in [6.45, 7) is 31.9. The maximum Gasteiger partial charge on any atom is 0.408 e. The third-order valence-corrected chi connectivity index (χ3v) is 7.65. The molecule has 22 heteroatoms. The maximum absolute atomic E-state index is 14.1. The zero-order valence-corrected chi connectivity index (χ0v) is 36.7. The molecular weight excluding hydrogens is 850 g/mol. The number of alkyl carbamates (subject to hydrolysis) is 2. The van der Waals surface area contributed by atoms with E-state index in [1.165, 1.54) is 25.3 Å². The van der Waals surface area contributed by atoms with Crippen molar-refractivity contribution in [1.82, 2.24) is 10.6 Å². The lowest BCUT2D eigenvalue weighted by Gasteiger charge is -2.28. The third-order valence-electron chi connectivity index (χ3n) is 6.37. The van der Waals surface area contributed by atoms with Gasteiger partial charge in [-0.1, -0.05) is 44.0 Å². The fraction of sp³-hybridized carbons (Fsp3) is 0.529. The number of nitrogens with zero attached hydrogens (tertiary/aromatic N) is 2. The van der Waals surface area contributed by atoms with Gasteiger partial charge in [-0.05, 0) is 87.8 Å². The largest absolute Gasteiger partial charge is 0.506 e. The van der Waals surface area contributed by atoms with Gasteiger partial charge >= 0.3 is 12.2 Å². The first-order valence-electron chi connectivity index (χ1n) is 16.9. The molecule has 0 saturated heterocycles. The van der Waals surface area contributed by atoms with E-state index < -0.39 is 58.2 Å². The van der Waals surface area contributed by atoms with Crippen LogP contribution in [0.4, 0.5) is 29.7 Å². The first-order valence-corrected chi connectivity index (χ1v) is 18.5. The lowest BCUT2D eigenvalue weighted by molar-refractivity contribution is 0.0446. The monoisotopic (exact) mass is 895 g/mol. The minimum absolute atomic E-state index is 0.0114. The van der Waals surface area contributed by atoms with Gasteiger partial charge < -0.3 is 35.1 Å². The Balaban J connectivity index is 0. The van der Waals surface area contributed by atoms with Crippen molar-refractivity contribution in [3.8, 4) is 11.5 Å². The molecule has 2 aromatic carbocycles. The van der Waals surface area contributed by atoms with Crippen LogP contribution in [-0.4, -0.2) is 109 Å². The summed E-state index contributed by atoms with van der Waals surface area (Å²) in [5, 5.41) is 23.0. The van der Waals surface area contributed by atoms with Crippen molar-refractivity contribution in [2.24, 2.45) is 0 Å². The molecule has 0 heterocycles. The highest BCUT2D eigenvalue weighted by molar-refractivity contribution is 9.11. The molecule has 56 heavy (non-hydrogen) atoms. The van der Waals surface area contributed by atoms with Crippen LogP contribution in [0.1, 0.15) is 82.1 Å². The number of nitrogens with one attached hydrogen (secondary N) is 2. The molecule has 0 aromatic heterocycles. The average Bonchev–Trinajstić information content (AvgIpc) is 3.02. The number of hydrogen-bond acceptors (Lipinski definition) is 7. The third kappa shape index (κ3) is 24.4. The highest BCUT2D eigenvalue weighted by Gasteiger charge is 2.26. The van der Waals surface area contributed by atoms with Crippen LogP contribution in [0, 0.1) is 24.8 Å². The summed E-state index contributed by atoms with van der Waals surface area (Å²) in [5.41, 5.74) is -2.38. The van der Waals surface area contributed by atoms with E-state index in [1.807, 2.05) is 48.5 Å². The van der Waals surface area contributed by atoms with Gasteiger partial charge in [0.2, 0.25) is 11.4 Å². The van der Waals surface area contributed by atoms with Crippen LogP contribution in [0.15, 0.2) is 33.2 Å². The second-order valence-corrected chi connectivity index (χ2v) is 16.8. The van der Waals surface area contributed by atoms with Crippen LogP contribution < -0.4 is 15.4 Å². The van der Waals surface area contributed by atoms with Gasteiger partial charge in [0.25, 0.3) is 0 Å². The Labute approximate surface area is 354 Å². The molecule has 0 aliphatic heterocycles. The fourth-order valence-electron chi connectivity index (χ4n) is 3.48. The molecule has 4 N–H and O–H groups in total. The highest BCUT2D eigenvalue weighted by atomic mass is 79.9. The first kappa shape index (κ1) is 54.9. The molecule has 2 rings (SSSR count). The van der Waals surface area contributed by atoms with Crippen molar-refractivity contribution in [3.05, 3.63) is 67.7 Å². The highest BCUT2D eigenvalue weighted by Crippen LogP contribution is 2.35. The Morgan fingerprint density at radius 3 is 1.55 bits per heavy atom. The Bertz CT molecular complexity index is 1650. The zero-order chi connectivity index (χ0) is 44.2. The van der Waals surface area contributed by atoms with Crippen molar-refractivity contribution < 1.29 is 42.8 Å². The smallest absolute Gasteiger partial charge is 0.408 e. The Kier molecular flexibility index (Phi) is 24.7. The number of aliphatic hydroxyl groups is 1. The van der Waals surface area contributed by atoms with Gasteiger partial charge in [0.1, 0.15) is 22.7 Å². The SMILES string of the molecule is CC(C)(CCO)NC(=O)OC(C)(C)C.[B][B]B([B])B([B])[B].[C-]#[N+]c1c(Br)ccc(O)c1F.[C-]#[N+]c1c(Br)ccc(OCCC(C)(C)NC(=O)OC(C)(C)C)c1F. The van der Waals surface area contributed by atoms with E-state index in [1.54, 1.807) is 26.8 Å². The molecular formula is C34H46B7Br2F2N4O7. The van der Waals surface area contributed by atoms with E-state index in [0.717, 1.165) is 0 Å². The normalized spacial score (nSPS) is 10.8. The summed E-state index contributed by atoms with van der Waals surface area (Å²) in [6, 6.07) is 5.64. The number of rotatable bonds is 10. The summed E-state index contributed by atoms with van der Waals surface area (Å²) < 4.78 is 43.3. The van der Waals surface area contributed by atoms with E-state index >= 15 is 0 Å². The molecule has 293 valence electrons. The van der Waals surface area contributed by atoms with Crippen LogP contribution in [-0.2, 0) is 9.47 Å². The van der Waals surface area contributed by atoms with Gasteiger partial charge in [0.05, 0.1) is 19.8 Å². The second kappa shape index (κ2) is 25.2.